The number of aromatic amines is 1. The number of ether oxygens (including phenoxy) is 1. The molecule has 3 heterocycles. The zero-order valence-electron chi connectivity index (χ0n) is 18.3. The third kappa shape index (κ3) is 4.04. The summed E-state index contributed by atoms with van der Waals surface area (Å²) in [6.45, 7) is 1.95. The van der Waals surface area contributed by atoms with Crippen LogP contribution in [-0.4, -0.2) is 38.0 Å². The molecule has 2 aromatic carbocycles. The lowest BCUT2D eigenvalue weighted by Gasteiger charge is -2.11. The summed E-state index contributed by atoms with van der Waals surface area (Å²) in [6.07, 6.45) is 5.18. The number of carbonyl (C=O) groups is 1. The smallest absolute Gasteiger partial charge is 0.260 e. The molecule has 5 aromatic rings. The fourth-order valence-corrected chi connectivity index (χ4v) is 3.81. The molecule has 170 valence electrons. The maximum absolute atomic E-state index is 12.7. The normalized spacial score (nSPS) is 10.9. The summed E-state index contributed by atoms with van der Waals surface area (Å²) in [7, 11) is 1.52. The number of carbonyl (C=O) groups excluding carboxylic acids is 1. The average Bonchev–Trinajstić information content (AvgIpc) is 3.48. The second-order valence-corrected chi connectivity index (χ2v) is 7.92. The number of aryl methyl sites for hydroxylation is 1. The summed E-state index contributed by atoms with van der Waals surface area (Å²) in [6, 6.07) is 14.3. The first-order valence-corrected chi connectivity index (χ1v) is 10.8. The van der Waals surface area contributed by atoms with Gasteiger partial charge in [-0.05, 0) is 43.3 Å². The van der Waals surface area contributed by atoms with Gasteiger partial charge in [0, 0.05) is 29.4 Å². The van der Waals surface area contributed by atoms with E-state index in [0.29, 0.717) is 28.0 Å². The van der Waals surface area contributed by atoms with Crippen LogP contribution < -0.4 is 15.4 Å². The van der Waals surface area contributed by atoms with E-state index in [0.717, 1.165) is 27.8 Å². The summed E-state index contributed by atoms with van der Waals surface area (Å²) < 4.78 is 7.20. The predicted molar refractivity (Wildman–Crippen MR) is 131 cm³/mol. The van der Waals surface area contributed by atoms with Crippen LogP contribution in [0.3, 0.4) is 0 Å². The molecule has 34 heavy (non-hydrogen) atoms. The summed E-state index contributed by atoms with van der Waals surface area (Å²) in [5.74, 6) is 1.22. The lowest BCUT2D eigenvalue weighted by molar-refractivity contribution is 0.102. The quantitative estimate of drug-likeness (QED) is 0.316. The molecule has 0 fully saturated rings. The molecule has 10 heteroatoms. The Morgan fingerprint density at radius 3 is 2.85 bits per heavy atom. The molecule has 0 atom stereocenters. The minimum Gasteiger partial charge on any atom is -0.496 e. The monoisotopic (exact) mass is 473 g/mol. The van der Waals surface area contributed by atoms with Gasteiger partial charge in [-0.3, -0.25) is 9.89 Å². The van der Waals surface area contributed by atoms with Gasteiger partial charge in [-0.15, -0.1) is 5.10 Å². The van der Waals surface area contributed by atoms with Crippen molar-refractivity contribution >= 4 is 45.7 Å². The van der Waals surface area contributed by atoms with Crippen LogP contribution in [0.15, 0.2) is 67.1 Å². The Morgan fingerprint density at radius 1 is 1.18 bits per heavy atom. The lowest BCUT2D eigenvalue weighted by atomic mass is 10.1. The highest BCUT2D eigenvalue weighted by molar-refractivity contribution is 6.38. The maximum Gasteiger partial charge on any atom is 0.260 e. The van der Waals surface area contributed by atoms with Crippen LogP contribution in [-0.2, 0) is 0 Å². The molecule has 0 bridgehead atoms. The van der Waals surface area contributed by atoms with Crippen LogP contribution in [0, 0.1) is 6.92 Å². The molecule has 9 nitrogen and oxygen atoms in total. The van der Waals surface area contributed by atoms with Crippen LogP contribution in [0.2, 0.25) is 5.02 Å². The van der Waals surface area contributed by atoms with Gasteiger partial charge in [0.2, 0.25) is 0 Å². The van der Waals surface area contributed by atoms with Crippen molar-refractivity contribution in [3.8, 4) is 11.4 Å². The van der Waals surface area contributed by atoms with Gasteiger partial charge in [-0.2, -0.15) is 5.10 Å². The SMILES string of the molecule is COc1cc(-n2cc(C)c(Nc3ccc4[nH]ncc4c3Cl)n2)ccc1C(=O)Nc1ccccn1. The molecule has 0 radical (unpaired) electrons. The van der Waals surface area contributed by atoms with Crippen molar-refractivity contribution in [2.75, 3.05) is 17.7 Å². The minimum atomic E-state index is -0.314. The largest absolute Gasteiger partial charge is 0.496 e. The van der Waals surface area contributed by atoms with Gasteiger partial charge >= 0.3 is 0 Å². The van der Waals surface area contributed by atoms with Crippen molar-refractivity contribution in [3.63, 3.8) is 0 Å². The van der Waals surface area contributed by atoms with Crippen LogP contribution >= 0.6 is 11.6 Å². The average molecular weight is 474 g/mol. The highest BCUT2D eigenvalue weighted by Gasteiger charge is 2.16. The van der Waals surface area contributed by atoms with E-state index in [1.54, 1.807) is 53.5 Å². The number of fused-ring (bicyclic) bond motifs is 1. The number of halogens is 1. The van der Waals surface area contributed by atoms with Gasteiger partial charge in [0.15, 0.2) is 5.82 Å². The van der Waals surface area contributed by atoms with Crippen molar-refractivity contribution in [2.45, 2.75) is 6.92 Å². The van der Waals surface area contributed by atoms with E-state index < -0.39 is 0 Å². The summed E-state index contributed by atoms with van der Waals surface area (Å²) in [5.41, 5.74) is 3.62. The highest BCUT2D eigenvalue weighted by Crippen LogP contribution is 2.33. The van der Waals surface area contributed by atoms with Gasteiger partial charge in [0.1, 0.15) is 11.6 Å². The Hall–Kier alpha value is -4.37. The van der Waals surface area contributed by atoms with Gasteiger partial charge in [0.25, 0.3) is 5.91 Å². The maximum atomic E-state index is 12.7. The number of methoxy groups -OCH3 is 1. The molecular formula is C24H20ClN7O2. The molecule has 0 saturated carbocycles. The molecule has 0 aliphatic carbocycles. The lowest BCUT2D eigenvalue weighted by Crippen LogP contribution is -2.14. The number of hydrogen-bond acceptors (Lipinski definition) is 6. The highest BCUT2D eigenvalue weighted by atomic mass is 35.5. The van der Waals surface area contributed by atoms with Gasteiger partial charge in [-0.25, -0.2) is 9.67 Å². The second-order valence-electron chi connectivity index (χ2n) is 7.54. The Balaban J connectivity index is 1.41. The molecule has 0 aliphatic rings. The first-order chi connectivity index (χ1) is 16.5. The first kappa shape index (κ1) is 21.5. The van der Waals surface area contributed by atoms with Crippen LogP contribution in [0.1, 0.15) is 15.9 Å². The molecule has 0 saturated heterocycles. The number of H-pyrrole nitrogens is 1. The van der Waals surface area contributed by atoms with E-state index in [1.165, 1.54) is 7.11 Å². The zero-order valence-corrected chi connectivity index (χ0v) is 19.1. The number of anilines is 3. The van der Waals surface area contributed by atoms with E-state index in [4.69, 9.17) is 16.3 Å². The van der Waals surface area contributed by atoms with Crippen molar-refractivity contribution in [3.05, 3.63) is 83.3 Å². The van der Waals surface area contributed by atoms with Crippen LogP contribution in [0.25, 0.3) is 16.6 Å². The van der Waals surface area contributed by atoms with Crippen molar-refractivity contribution < 1.29 is 9.53 Å². The van der Waals surface area contributed by atoms with E-state index in [2.05, 4.69) is 30.9 Å². The molecule has 1 amide bonds. The van der Waals surface area contributed by atoms with Gasteiger partial charge in [-0.1, -0.05) is 17.7 Å². The minimum absolute atomic E-state index is 0.314. The Morgan fingerprint density at radius 2 is 2.06 bits per heavy atom. The van der Waals surface area contributed by atoms with Crippen LogP contribution in [0.5, 0.6) is 5.75 Å². The molecule has 3 aromatic heterocycles. The first-order valence-electron chi connectivity index (χ1n) is 10.4. The molecule has 0 spiro atoms. The predicted octanol–water partition coefficient (Wildman–Crippen LogP) is 5.11. The van der Waals surface area contributed by atoms with Crippen molar-refractivity contribution in [2.24, 2.45) is 0 Å². The fraction of sp³-hybridized carbons (Fsp3) is 0.0833. The molecule has 5 rings (SSSR count). The summed E-state index contributed by atoms with van der Waals surface area (Å²) in [4.78, 5) is 16.8. The molecule has 0 aliphatic heterocycles. The topological polar surface area (TPSA) is 110 Å². The Bertz CT molecular complexity index is 1490. The van der Waals surface area contributed by atoms with E-state index in [-0.39, 0.29) is 5.91 Å². The Labute approximate surface area is 199 Å². The zero-order chi connectivity index (χ0) is 23.7. The summed E-state index contributed by atoms with van der Waals surface area (Å²) >= 11 is 6.54. The number of pyridine rings is 1. The van der Waals surface area contributed by atoms with Gasteiger partial charge < -0.3 is 15.4 Å². The molecular weight excluding hydrogens is 454 g/mol. The molecule has 0 unspecified atom stereocenters. The van der Waals surface area contributed by atoms with E-state index >= 15 is 0 Å². The number of amides is 1. The summed E-state index contributed by atoms with van der Waals surface area (Å²) in [5, 5.41) is 19.0. The molecule has 3 N–H and O–H groups in total. The fourth-order valence-electron chi connectivity index (χ4n) is 3.55. The van der Waals surface area contributed by atoms with Crippen molar-refractivity contribution in [1.29, 1.82) is 0 Å². The number of aromatic nitrogens is 5. The third-order valence-corrected chi connectivity index (χ3v) is 5.72. The number of hydrogen-bond donors (Lipinski definition) is 3. The second kappa shape index (κ2) is 8.87. The number of benzene rings is 2. The standard InChI is InChI=1S/C24H20ClN7O2/c1-14-13-32(31-23(14)28-19-9-8-18-17(22(19)25)12-27-30-18)15-6-7-16(20(11-15)34-2)24(33)29-21-5-3-4-10-26-21/h3-13H,1-2H3,(H,27,30)(H,28,31)(H,26,29,33). The number of nitrogens with zero attached hydrogens (tertiary/aromatic N) is 4. The third-order valence-electron chi connectivity index (χ3n) is 5.31. The van der Waals surface area contributed by atoms with E-state index in [1.807, 2.05) is 25.3 Å². The van der Waals surface area contributed by atoms with Crippen LogP contribution in [0.4, 0.5) is 17.3 Å². The van der Waals surface area contributed by atoms with E-state index in [9.17, 15) is 4.79 Å². The van der Waals surface area contributed by atoms with Gasteiger partial charge in [0.05, 0.1) is 40.8 Å². The Kier molecular flexibility index (Phi) is 5.60. The number of rotatable bonds is 6. The van der Waals surface area contributed by atoms with Crippen molar-refractivity contribution in [1.82, 2.24) is 25.0 Å². The number of nitrogens with one attached hydrogen (secondary N) is 3.